The summed E-state index contributed by atoms with van der Waals surface area (Å²) in [6, 6.07) is 0. The third-order valence-electron chi connectivity index (χ3n) is 3.79. The first-order valence-corrected chi connectivity index (χ1v) is 5.12. The molecule has 1 saturated carbocycles. The van der Waals surface area contributed by atoms with Gasteiger partial charge in [-0.25, -0.2) is 0 Å². The lowest BCUT2D eigenvalue weighted by Gasteiger charge is -2.41. The van der Waals surface area contributed by atoms with Gasteiger partial charge < -0.3 is 10.6 Å². The highest BCUT2D eigenvalue weighted by Gasteiger charge is 2.48. The lowest BCUT2D eigenvalue weighted by atomic mass is 9.79. The number of carbonyl (C=O) groups is 1. The molecule has 1 amide bonds. The van der Waals surface area contributed by atoms with Crippen LogP contribution in [0.1, 0.15) is 26.7 Å². The number of carbonyl (C=O) groups excluding carboxylic acids is 1. The molecule has 1 heterocycles. The lowest BCUT2D eigenvalue weighted by molar-refractivity contribution is -0.121. The normalized spacial score (nSPS) is 43.2. The van der Waals surface area contributed by atoms with Gasteiger partial charge in [-0.1, -0.05) is 0 Å². The van der Waals surface area contributed by atoms with E-state index in [1.165, 1.54) is 12.8 Å². The second-order valence-electron chi connectivity index (χ2n) is 4.59. The molecule has 1 aliphatic carbocycles. The fourth-order valence-corrected chi connectivity index (χ4v) is 2.98. The summed E-state index contributed by atoms with van der Waals surface area (Å²) in [6.07, 6.45) is 2.52. The summed E-state index contributed by atoms with van der Waals surface area (Å²) in [5, 5.41) is 6.57. The van der Waals surface area contributed by atoms with Crippen LogP contribution in [0.15, 0.2) is 0 Å². The van der Waals surface area contributed by atoms with Gasteiger partial charge in [0.1, 0.15) is 0 Å². The monoisotopic (exact) mass is 182 g/mol. The first-order valence-electron chi connectivity index (χ1n) is 5.12. The van der Waals surface area contributed by atoms with Crippen LogP contribution in [0.3, 0.4) is 0 Å². The predicted molar refractivity (Wildman–Crippen MR) is 51.3 cm³/mol. The standard InChI is InChI=1S/C10H18N2O/c1-7(13)12-10(2)8-3-4-9(10)6-11-5-8/h8-9,11H,3-6H2,1-2H3,(H,12,13)/t8-,9+,10-. The van der Waals surface area contributed by atoms with E-state index >= 15 is 0 Å². The van der Waals surface area contributed by atoms with Gasteiger partial charge in [0, 0.05) is 25.6 Å². The quantitative estimate of drug-likeness (QED) is 0.620. The van der Waals surface area contributed by atoms with E-state index < -0.39 is 0 Å². The zero-order valence-corrected chi connectivity index (χ0v) is 8.39. The molecule has 1 aliphatic heterocycles. The van der Waals surface area contributed by atoms with E-state index in [2.05, 4.69) is 17.6 Å². The Morgan fingerprint density at radius 1 is 1.38 bits per heavy atom. The second kappa shape index (κ2) is 2.98. The van der Waals surface area contributed by atoms with E-state index in [-0.39, 0.29) is 11.4 Å². The smallest absolute Gasteiger partial charge is 0.217 e. The van der Waals surface area contributed by atoms with Crippen molar-refractivity contribution in [3.05, 3.63) is 0 Å². The topological polar surface area (TPSA) is 41.1 Å². The summed E-state index contributed by atoms with van der Waals surface area (Å²) in [7, 11) is 0. The van der Waals surface area contributed by atoms with Crippen LogP contribution >= 0.6 is 0 Å². The molecule has 2 aliphatic rings. The zero-order valence-electron chi connectivity index (χ0n) is 8.39. The van der Waals surface area contributed by atoms with Crippen LogP contribution < -0.4 is 10.6 Å². The van der Waals surface area contributed by atoms with Crippen molar-refractivity contribution in [1.29, 1.82) is 0 Å². The molecule has 0 unspecified atom stereocenters. The number of piperidine rings is 1. The van der Waals surface area contributed by atoms with Crippen LogP contribution in [0.5, 0.6) is 0 Å². The third-order valence-corrected chi connectivity index (χ3v) is 3.79. The van der Waals surface area contributed by atoms with Crippen molar-refractivity contribution in [3.63, 3.8) is 0 Å². The summed E-state index contributed by atoms with van der Waals surface area (Å²) in [5.41, 5.74) is 0.0666. The largest absolute Gasteiger partial charge is 0.351 e. The molecule has 3 nitrogen and oxygen atoms in total. The lowest BCUT2D eigenvalue weighted by Crippen LogP contribution is -2.60. The fraction of sp³-hybridized carbons (Fsp3) is 0.900. The minimum atomic E-state index is 0.0666. The molecule has 2 bridgehead atoms. The number of rotatable bonds is 1. The average Bonchev–Trinajstić information content (AvgIpc) is 2.27. The van der Waals surface area contributed by atoms with Crippen molar-refractivity contribution in [2.75, 3.05) is 13.1 Å². The van der Waals surface area contributed by atoms with Crippen molar-refractivity contribution in [2.24, 2.45) is 11.8 Å². The highest BCUT2D eigenvalue weighted by atomic mass is 16.1. The van der Waals surface area contributed by atoms with E-state index in [0.717, 1.165) is 13.1 Å². The van der Waals surface area contributed by atoms with Gasteiger partial charge in [0.15, 0.2) is 0 Å². The van der Waals surface area contributed by atoms with Gasteiger partial charge >= 0.3 is 0 Å². The maximum atomic E-state index is 11.1. The van der Waals surface area contributed by atoms with Crippen LogP contribution in [0.4, 0.5) is 0 Å². The Bertz CT molecular complexity index is 211. The molecule has 1 saturated heterocycles. The molecule has 74 valence electrons. The van der Waals surface area contributed by atoms with E-state index in [4.69, 9.17) is 0 Å². The molecular weight excluding hydrogens is 164 g/mol. The Balaban J connectivity index is 2.16. The van der Waals surface area contributed by atoms with Crippen molar-refractivity contribution < 1.29 is 4.79 Å². The Kier molecular flexibility index (Phi) is 2.06. The maximum Gasteiger partial charge on any atom is 0.217 e. The van der Waals surface area contributed by atoms with Crippen LogP contribution in [0, 0.1) is 11.8 Å². The molecular formula is C10H18N2O. The van der Waals surface area contributed by atoms with Gasteiger partial charge in [-0.15, -0.1) is 0 Å². The Morgan fingerprint density at radius 3 is 2.38 bits per heavy atom. The highest BCUT2D eigenvalue weighted by Crippen LogP contribution is 2.42. The Morgan fingerprint density at radius 2 is 1.92 bits per heavy atom. The molecule has 3 atom stereocenters. The second-order valence-corrected chi connectivity index (χ2v) is 4.59. The predicted octanol–water partition coefficient (Wildman–Crippen LogP) is 0.511. The van der Waals surface area contributed by atoms with Crippen LogP contribution in [-0.4, -0.2) is 24.5 Å². The zero-order chi connectivity index (χ0) is 9.47. The molecule has 3 heteroatoms. The van der Waals surface area contributed by atoms with Crippen molar-refractivity contribution in [3.8, 4) is 0 Å². The molecule has 2 N–H and O–H groups in total. The first-order chi connectivity index (χ1) is 6.13. The molecule has 0 aromatic heterocycles. The number of amides is 1. The van der Waals surface area contributed by atoms with Crippen molar-refractivity contribution in [2.45, 2.75) is 32.2 Å². The number of nitrogens with one attached hydrogen (secondary N) is 2. The highest BCUT2D eigenvalue weighted by molar-refractivity contribution is 5.74. The number of hydrogen-bond donors (Lipinski definition) is 2. The molecule has 2 fully saturated rings. The molecule has 2 rings (SSSR count). The van der Waals surface area contributed by atoms with Crippen LogP contribution in [0.25, 0.3) is 0 Å². The molecule has 0 radical (unpaired) electrons. The van der Waals surface area contributed by atoms with Gasteiger partial charge in [0.2, 0.25) is 5.91 Å². The fourth-order valence-electron chi connectivity index (χ4n) is 2.98. The van der Waals surface area contributed by atoms with Gasteiger partial charge in [0.05, 0.1) is 0 Å². The molecule has 13 heavy (non-hydrogen) atoms. The molecule has 0 aromatic carbocycles. The van der Waals surface area contributed by atoms with Gasteiger partial charge in [0.25, 0.3) is 0 Å². The van der Waals surface area contributed by atoms with Crippen molar-refractivity contribution >= 4 is 5.91 Å². The number of fused-ring (bicyclic) bond motifs is 2. The Labute approximate surface area is 79.3 Å². The van der Waals surface area contributed by atoms with Crippen LogP contribution in [0.2, 0.25) is 0 Å². The minimum absolute atomic E-state index is 0.0666. The van der Waals surface area contributed by atoms with E-state index in [0.29, 0.717) is 11.8 Å². The van der Waals surface area contributed by atoms with Crippen LogP contribution in [-0.2, 0) is 4.79 Å². The minimum Gasteiger partial charge on any atom is -0.351 e. The molecule has 0 aromatic rings. The third kappa shape index (κ3) is 1.35. The van der Waals surface area contributed by atoms with E-state index in [1.807, 2.05) is 0 Å². The summed E-state index contributed by atoms with van der Waals surface area (Å²) in [4.78, 5) is 11.1. The number of hydrogen-bond acceptors (Lipinski definition) is 2. The van der Waals surface area contributed by atoms with Gasteiger partial charge in [-0.05, 0) is 31.6 Å². The molecule has 0 spiro atoms. The Hall–Kier alpha value is -0.570. The maximum absolute atomic E-state index is 11.1. The summed E-state index contributed by atoms with van der Waals surface area (Å²) < 4.78 is 0. The summed E-state index contributed by atoms with van der Waals surface area (Å²) in [5.74, 6) is 1.38. The van der Waals surface area contributed by atoms with E-state index in [1.54, 1.807) is 6.92 Å². The average molecular weight is 182 g/mol. The van der Waals surface area contributed by atoms with Crippen molar-refractivity contribution in [1.82, 2.24) is 10.6 Å². The van der Waals surface area contributed by atoms with Gasteiger partial charge in [-0.3, -0.25) is 4.79 Å². The summed E-state index contributed by atoms with van der Waals surface area (Å²) in [6.45, 7) is 5.95. The first kappa shape index (κ1) is 9.00. The SMILES string of the molecule is CC(=O)N[C@]1(C)[C@@H]2CC[C@H]1CNC2. The van der Waals surface area contributed by atoms with E-state index in [9.17, 15) is 4.79 Å². The summed E-state index contributed by atoms with van der Waals surface area (Å²) >= 11 is 0. The van der Waals surface area contributed by atoms with Gasteiger partial charge in [-0.2, -0.15) is 0 Å².